The lowest BCUT2D eigenvalue weighted by molar-refractivity contribution is -0.0920. The molecular weight excluding hydrogens is 328 g/mol. The van der Waals surface area contributed by atoms with Crippen molar-refractivity contribution in [2.45, 2.75) is 51.6 Å². The molecule has 140 valence electrons. The summed E-state index contributed by atoms with van der Waals surface area (Å²) < 4.78 is 23.4. The van der Waals surface area contributed by atoms with Gasteiger partial charge >= 0.3 is 0 Å². The Labute approximate surface area is 155 Å². The average Bonchev–Trinajstić information content (AvgIpc) is 3.44. The Kier molecular flexibility index (Phi) is 4.78. The molecular formula is C22H28O4. The summed E-state index contributed by atoms with van der Waals surface area (Å²) in [4.78, 5) is 0. The van der Waals surface area contributed by atoms with Gasteiger partial charge in [-0.1, -0.05) is 41.0 Å². The topological polar surface area (TPSA) is 43.5 Å². The summed E-state index contributed by atoms with van der Waals surface area (Å²) in [5.74, 6) is 0. The van der Waals surface area contributed by atoms with Crippen LogP contribution in [0, 0.1) is 13.8 Å². The van der Waals surface area contributed by atoms with Crippen LogP contribution in [0.3, 0.4) is 0 Å². The average molecular weight is 356 g/mol. The minimum atomic E-state index is -0.521. The summed E-state index contributed by atoms with van der Waals surface area (Å²) in [6.45, 7) is 11.3. The van der Waals surface area contributed by atoms with Crippen LogP contribution in [0.15, 0.2) is 35.9 Å². The molecule has 2 heterocycles. The number of rotatable bonds is 7. The second-order valence-electron chi connectivity index (χ2n) is 7.98. The molecule has 26 heavy (non-hydrogen) atoms. The van der Waals surface area contributed by atoms with E-state index in [0.717, 1.165) is 13.2 Å². The summed E-state index contributed by atoms with van der Waals surface area (Å²) in [6.07, 6.45) is 4.68. The first-order valence-corrected chi connectivity index (χ1v) is 9.41. The third kappa shape index (κ3) is 4.09. The number of epoxide rings is 2. The molecule has 4 nitrogen and oxygen atoms in total. The summed E-state index contributed by atoms with van der Waals surface area (Å²) in [7, 11) is 0. The first-order valence-electron chi connectivity index (χ1n) is 9.41. The number of ether oxygens (including phenoxy) is 4. The Morgan fingerprint density at radius 3 is 2.23 bits per heavy atom. The van der Waals surface area contributed by atoms with Crippen LogP contribution < -0.4 is 0 Å². The standard InChI is InChI=1S/C22H28O4/c1-14-5-15(2)7-17(6-14)20-8-16(3)9-22(4,26-13-19-11-24-19)21(20)25-12-18-10-23-18/h5-9,18-19,21H,10-13H2,1-4H3. The van der Waals surface area contributed by atoms with Crippen molar-refractivity contribution < 1.29 is 18.9 Å². The maximum absolute atomic E-state index is 6.37. The van der Waals surface area contributed by atoms with Crippen LogP contribution in [0.1, 0.15) is 30.5 Å². The summed E-state index contributed by atoms with van der Waals surface area (Å²) in [5.41, 5.74) is 5.57. The summed E-state index contributed by atoms with van der Waals surface area (Å²) in [5, 5.41) is 0. The highest BCUT2D eigenvalue weighted by Crippen LogP contribution is 2.39. The van der Waals surface area contributed by atoms with Gasteiger partial charge in [0.05, 0.1) is 26.4 Å². The molecule has 2 saturated heterocycles. The van der Waals surface area contributed by atoms with E-state index in [1.54, 1.807) is 0 Å². The lowest BCUT2D eigenvalue weighted by atomic mass is 9.81. The van der Waals surface area contributed by atoms with Gasteiger partial charge in [-0.3, -0.25) is 0 Å². The Morgan fingerprint density at radius 1 is 1.00 bits per heavy atom. The van der Waals surface area contributed by atoms with E-state index in [4.69, 9.17) is 18.9 Å². The van der Waals surface area contributed by atoms with Crippen LogP contribution in [0.5, 0.6) is 0 Å². The zero-order chi connectivity index (χ0) is 18.3. The monoisotopic (exact) mass is 356 g/mol. The smallest absolute Gasteiger partial charge is 0.115 e. The highest BCUT2D eigenvalue weighted by atomic mass is 16.6. The van der Waals surface area contributed by atoms with Crippen molar-refractivity contribution in [3.63, 3.8) is 0 Å². The van der Waals surface area contributed by atoms with Crippen LogP contribution in [-0.2, 0) is 18.9 Å². The molecule has 1 aromatic carbocycles. The van der Waals surface area contributed by atoms with E-state index in [1.165, 1.54) is 27.8 Å². The molecule has 4 heteroatoms. The van der Waals surface area contributed by atoms with Crippen molar-refractivity contribution >= 4 is 5.57 Å². The lowest BCUT2D eigenvalue weighted by Gasteiger charge is -2.39. The third-order valence-electron chi connectivity index (χ3n) is 5.09. The van der Waals surface area contributed by atoms with Crippen LogP contribution in [-0.4, -0.2) is 50.3 Å². The largest absolute Gasteiger partial charge is 0.371 e. The summed E-state index contributed by atoms with van der Waals surface area (Å²) in [6, 6.07) is 6.65. The van der Waals surface area contributed by atoms with E-state index in [9.17, 15) is 0 Å². The van der Waals surface area contributed by atoms with E-state index in [2.05, 4.69) is 58.0 Å². The van der Waals surface area contributed by atoms with Crippen LogP contribution in [0.4, 0.5) is 0 Å². The van der Waals surface area contributed by atoms with E-state index < -0.39 is 5.60 Å². The first kappa shape index (κ1) is 17.9. The Morgan fingerprint density at radius 2 is 1.62 bits per heavy atom. The molecule has 0 saturated carbocycles. The fraction of sp³-hybridized carbons (Fsp3) is 0.545. The van der Waals surface area contributed by atoms with Crippen molar-refractivity contribution in [1.29, 1.82) is 0 Å². The molecule has 0 radical (unpaired) electrons. The molecule has 3 aliphatic rings. The van der Waals surface area contributed by atoms with Crippen molar-refractivity contribution in [2.75, 3.05) is 26.4 Å². The maximum atomic E-state index is 6.37. The second-order valence-corrected chi connectivity index (χ2v) is 7.98. The molecule has 4 rings (SSSR count). The number of hydrogen-bond donors (Lipinski definition) is 0. The van der Waals surface area contributed by atoms with Gasteiger partial charge in [-0.15, -0.1) is 0 Å². The first-order chi connectivity index (χ1) is 12.4. The fourth-order valence-electron chi connectivity index (χ4n) is 3.75. The van der Waals surface area contributed by atoms with Gasteiger partial charge in [-0.2, -0.15) is 0 Å². The van der Waals surface area contributed by atoms with Gasteiger partial charge < -0.3 is 18.9 Å². The highest BCUT2D eigenvalue weighted by molar-refractivity contribution is 5.75. The minimum Gasteiger partial charge on any atom is -0.371 e. The molecule has 0 spiro atoms. The van der Waals surface area contributed by atoms with Crippen LogP contribution in [0.25, 0.3) is 5.57 Å². The minimum absolute atomic E-state index is 0.171. The van der Waals surface area contributed by atoms with Crippen molar-refractivity contribution in [2.24, 2.45) is 0 Å². The van der Waals surface area contributed by atoms with E-state index in [-0.39, 0.29) is 18.3 Å². The predicted octanol–water partition coefficient (Wildman–Crippen LogP) is 3.60. The highest BCUT2D eigenvalue weighted by Gasteiger charge is 2.42. The molecule has 2 fully saturated rings. The van der Waals surface area contributed by atoms with Gasteiger partial charge in [0.2, 0.25) is 0 Å². The van der Waals surface area contributed by atoms with E-state index in [1.807, 2.05) is 0 Å². The number of hydrogen-bond acceptors (Lipinski definition) is 4. The van der Waals surface area contributed by atoms with Gasteiger partial charge in [-0.05, 0) is 44.9 Å². The predicted molar refractivity (Wildman–Crippen MR) is 101 cm³/mol. The zero-order valence-electron chi connectivity index (χ0n) is 16.1. The molecule has 0 N–H and O–H groups in total. The van der Waals surface area contributed by atoms with Crippen LogP contribution in [0.2, 0.25) is 0 Å². The lowest BCUT2D eigenvalue weighted by Crippen LogP contribution is -2.46. The molecule has 4 unspecified atom stereocenters. The molecule has 1 aromatic rings. The van der Waals surface area contributed by atoms with Gasteiger partial charge in [0, 0.05) is 0 Å². The van der Waals surface area contributed by atoms with Gasteiger partial charge in [0.1, 0.15) is 23.9 Å². The number of benzene rings is 1. The van der Waals surface area contributed by atoms with Crippen molar-refractivity contribution in [3.05, 3.63) is 52.6 Å². The van der Waals surface area contributed by atoms with Crippen molar-refractivity contribution in [3.8, 4) is 0 Å². The van der Waals surface area contributed by atoms with E-state index >= 15 is 0 Å². The number of allylic oxidation sites excluding steroid dienone is 2. The molecule has 0 amide bonds. The third-order valence-corrected chi connectivity index (χ3v) is 5.09. The quantitative estimate of drug-likeness (QED) is 0.700. The van der Waals surface area contributed by atoms with Gasteiger partial charge in [0.25, 0.3) is 0 Å². The Hall–Kier alpha value is -1.46. The fourth-order valence-corrected chi connectivity index (χ4v) is 3.75. The maximum Gasteiger partial charge on any atom is 0.115 e. The zero-order valence-corrected chi connectivity index (χ0v) is 16.1. The molecule has 0 bridgehead atoms. The molecule has 4 atom stereocenters. The Bertz CT molecular complexity index is 722. The molecule has 0 aromatic heterocycles. The Balaban J connectivity index is 1.66. The molecule has 1 aliphatic carbocycles. The van der Waals surface area contributed by atoms with Gasteiger partial charge in [-0.25, -0.2) is 0 Å². The van der Waals surface area contributed by atoms with Gasteiger partial charge in [0.15, 0.2) is 0 Å². The normalized spacial score (nSPS) is 32.8. The molecule has 2 aliphatic heterocycles. The SMILES string of the molecule is CC1=CC(C)(OCC2CO2)C(OCC2CO2)C(c2cc(C)cc(C)c2)=C1. The van der Waals surface area contributed by atoms with Crippen molar-refractivity contribution in [1.82, 2.24) is 0 Å². The van der Waals surface area contributed by atoms with E-state index in [0.29, 0.717) is 13.2 Å². The van der Waals surface area contributed by atoms with Crippen LogP contribution >= 0.6 is 0 Å². The summed E-state index contributed by atoms with van der Waals surface area (Å²) >= 11 is 0. The number of aryl methyl sites for hydroxylation is 2. The second kappa shape index (κ2) is 6.93.